The van der Waals surface area contributed by atoms with Gasteiger partial charge in [0.15, 0.2) is 5.85 Å². The summed E-state index contributed by atoms with van der Waals surface area (Å²) in [6.45, 7) is 6.11. The van der Waals surface area contributed by atoms with Gasteiger partial charge in [0, 0.05) is 6.08 Å². The van der Waals surface area contributed by atoms with Crippen molar-refractivity contribution in [3.8, 4) is 0 Å². The zero-order valence-electron chi connectivity index (χ0n) is 7.60. The van der Waals surface area contributed by atoms with Crippen molar-refractivity contribution in [3.05, 3.63) is 12.7 Å². The lowest BCUT2D eigenvalue weighted by Crippen LogP contribution is -2.14. The molecule has 2 atom stereocenters. The van der Waals surface area contributed by atoms with Crippen molar-refractivity contribution in [2.75, 3.05) is 6.61 Å². The zero-order valence-corrected chi connectivity index (χ0v) is 8.49. The van der Waals surface area contributed by atoms with Crippen LogP contribution in [0, 0.1) is 0 Å². The average Bonchev–Trinajstić information content (AvgIpc) is 2.04. The molecule has 0 aliphatic heterocycles. The number of rotatable bonds is 5. The number of hydrogen-bond acceptors (Lipinski definition) is 4. The summed E-state index contributed by atoms with van der Waals surface area (Å²) in [6, 6.07) is 0. The molecule has 0 aromatic carbocycles. The Morgan fingerprint density at radius 2 is 2.31 bits per heavy atom. The molecule has 2 unspecified atom stereocenters. The molecule has 6 heteroatoms. The summed E-state index contributed by atoms with van der Waals surface area (Å²) in [6.07, 6.45) is 0.919. The first-order valence-corrected chi connectivity index (χ1v) is 5.38. The van der Waals surface area contributed by atoms with Crippen molar-refractivity contribution < 1.29 is 23.5 Å². The van der Waals surface area contributed by atoms with Crippen molar-refractivity contribution in [1.29, 1.82) is 0 Å². The zero-order chi connectivity index (χ0) is 10.5. The minimum atomic E-state index is -3.84. The van der Waals surface area contributed by atoms with Gasteiger partial charge in [-0.25, -0.2) is 4.79 Å². The SMILES string of the molecule is C=CC(=O)OC(C)P(=O)(O)OCC. The van der Waals surface area contributed by atoms with E-state index in [1.807, 2.05) is 0 Å². The lowest BCUT2D eigenvalue weighted by molar-refractivity contribution is -0.139. The highest BCUT2D eigenvalue weighted by atomic mass is 31.2. The van der Waals surface area contributed by atoms with E-state index in [-0.39, 0.29) is 6.61 Å². The van der Waals surface area contributed by atoms with Crippen molar-refractivity contribution >= 4 is 13.6 Å². The number of ether oxygens (including phenoxy) is 1. The molecular formula is C7H13O5P. The van der Waals surface area contributed by atoms with Crippen LogP contribution in [0.15, 0.2) is 12.7 Å². The number of hydrogen-bond donors (Lipinski definition) is 1. The van der Waals surface area contributed by atoms with E-state index in [1.165, 1.54) is 6.92 Å². The molecule has 0 saturated heterocycles. The van der Waals surface area contributed by atoms with Crippen LogP contribution in [-0.2, 0) is 18.6 Å². The van der Waals surface area contributed by atoms with Crippen molar-refractivity contribution in [3.63, 3.8) is 0 Å². The fourth-order valence-electron chi connectivity index (χ4n) is 0.573. The van der Waals surface area contributed by atoms with Crippen LogP contribution < -0.4 is 0 Å². The van der Waals surface area contributed by atoms with E-state index in [2.05, 4.69) is 15.8 Å². The van der Waals surface area contributed by atoms with Crippen LogP contribution in [0.3, 0.4) is 0 Å². The number of carbonyl (C=O) groups excluding carboxylic acids is 1. The molecule has 0 rings (SSSR count). The Morgan fingerprint density at radius 3 is 2.69 bits per heavy atom. The fourth-order valence-corrected chi connectivity index (χ4v) is 1.39. The Morgan fingerprint density at radius 1 is 1.77 bits per heavy atom. The van der Waals surface area contributed by atoms with Crippen LogP contribution in [0.25, 0.3) is 0 Å². The van der Waals surface area contributed by atoms with Gasteiger partial charge in [-0.2, -0.15) is 0 Å². The Bertz CT molecular complexity index is 237. The van der Waals surface area contributed by atoms with Crippen molar-refractivity contribution in [1.82, 2.24) is 0 Å². The summed E-state index contributed by atoms with van der Waals surface area (Å²) in [5, 5.41) is 0. The van der Waals surface area contributed by atoms with Gasteiger partial charge in [-0.3, -0.25) is 4.57 Å². The highest BCUT2D eigenvalue weighted by Gasteiger charge is 2.30. The molecule has 0 aromatic heterocycles. The van der Waals surface area contributed by atoms with Crippen LogP contribution in [0.2, 0.25) is 0 Å². The minimum Gasteiger partial charge on any atom is -0.447 e. The molecule has 0 bridgehead atoms. The van der Waals surface area contributed by atoms with Crippen LogP contribution in [-0.4, -0.2) is 23.3 Å². The molecule has 0 fully saturated rings. The molecule has 0 amide bonds. The molecule has 76 valence electrons. The maximum absolute atomic E-state index is 11.2. The van der Waals surface area contributed by atoms with Gasteiger partial charge in [0.2, 0.25) is 0 Å². The van der Waals surface area contributed by atoms with E-state index in [0.29, 0.717) is 0 Å². The standard InChI is InChI=1S/C7H13O5P/c1-4-7(8)12-6(3)13(9,10)11-5-2/h4,6H,1,5H2,2-3H3,(H,9,10). The summed E-state index contributed by atoms with van der Waals surface area (Å²) in [7, 11) is -3.84. The molecule has 0 saturated carbocycles. The Kier molecular flexibility index (Phi) is 4.91. The van der Waals surface area contributed by atoms with E-state index in [4.69, 9.17) is 4.89 Å². The predicted octanol–water partition coefficient (Wildman–Crippen LogP) is 1.28. The predicted molar refractivity (Wildman–Crippen MR) is 47.2 cm³/mol. The summed E-state index contributed by atoms with van der Waals surface area (Å²) in [5.41, 5.74) is 0. The second-order valence-corrected chi connectivity index (χ2v) is 4.34. The van der Waals surface area contributed by atoms with E-state index in [0.717, 1.165) is 6.08 Å². The highest BCUT2D eigenvalue weighted by molar-refractivity contribution is 7.53. The largest absolute Gasteiger partial charge is 0.447 e. The van der Waals surface area contributed by atoms with Crippen LogP contribution in [0.1, 0.15) is 13.8 Å². The lowest BCUT2D eigenvalue weighted by atomic mass is 10.6. The molecule has 0 aromatic rings. The van der Waals surface area contributed by atoms with Crippen LogP contribution in [0.4, 0.5) is 0 Å². The van der Waals surface area contributed by atoms with Crippen LogP contribution in [0.5, 0.6) is 0 Å². The first-order valence-electron chi connectivity index (χ1n) is 3.74. The Labute approximate surface area is 76.9 Å². The van der Waals surface area contributed by atoms with Crippen molar-refractivity contribution in [2.45, 2.75) is 19.7 Å². The first kappa shape index (κ1) is 12.4. The smallest absolute Gasteiger partial charge is 0.368 e. The van der Waals surface area contributed by atoms with E-state index < -0.39 is 19.4 Å². The molecular weight excluding hydrogens is 195 g/mol. The molecule has 0 aliphatic rings. The molecule has 1 N–H and O–H groups in total. The molecule has 0 aliphatic carbocycles. The van der Waals surface area contributed by atoms with Crippen molar-refractivity contribution in [2.24, 2.45) is 0 Å². The third-order valence-corrected chi connectivity index (χ3v) is 2.88. The monoisotopic (exact) mass is 208 g/mol. The van der Waals surface area contributed by atoms with E-state index in [9.17, 15) is 9.36 Å². The third kappa shape index (κ3) is 4.22. The first-order chi connectivity index (χ1) is 5.94. The number of esters is 1. The maximum Gasteiger partial charge on any atom is 0.368 e. The third-order valence-electron chi connectivity index (χ3n) is 1.23. The fraction of sp³-hybridized carbons (Fsp3) is 0.571. The highest BCUT2D eigenvalue weighted by Crippen LogP contribution is 2.47. The lowest BCUT2D eigenvalue weighted by Gasteiger charge is -2.17. The van der Waals surface area contributed by atoms with Gasteiger partial charge in [0.1, 0.15) is 0 Å². The second kappa shape index (κ2) is 5.17. The summed E-state index contributed by atoms with van der Waals surface area (Å²) >= 11 is 0. The summed E-state index contributed by atoms with van der Waals surface area (Å²) < 4.78 is 20.2. The number of carbonyl (C=O) groups is 1. The Hall–Kier alpha value is -0.640. The van der Waals surface area contributed by atoms with Gasteiger partial charge in [0.05, 0.1) is 6.61 Å². The molecule has 0 spiro atoms. The summed E-state index contributed by atoms with van der Waals surface area (Å²) in [4.78, 5) is 19.8. The molecule has 0 heterocycles. The summed E-state index contributed by atoms with van der Waals surface area (Å²) in [5.74, 6) is -1.92. The van der Waals surface area contributed by atoms with Gasteiger partial charge in [-0.15, -0.1) is 0 Å². The molecule has 0 radical (unpaired) electrons. The average molecular weight is 208 g/mol. The maximum atomic E-state index is 11.2. The van der Waals surface area contributed by atoms with Gasteiger partial charge >= 0.3 is 13.6 Å². The van der Waals surface area contributed by atoms with Gasteiger partial charge in [-0.05, 0) is 13.8 Å². The second-order valence-electron chi connectivity index (χ2n) is 2.22. The Balaban J connectivity index is 4.24. The quantitative estimate of drug-likeness (QED) is 0.418. The van der Waals surface area contributed by atoms with E-state index in [1.54, 1.807) is 6.92 Å². The van der Waals surface area contributed by atoms with E-state index >= 15 is 0 Å². The van der Waals surface area contributed by atoms with Gasteiger partial charge in [0.25, 0.3) is 0 Å². The van der Waals surface area contributed by atoms with Gasteiger partial charge < -0.3 is 14.2 Å². The molecule has 5 nitrogen and oxygen atoms in total. The van der Waals surface area contributed by atoms with Gasteiger partial charge in [-0.1, -0.05) is 6.58 Å². The topological polar surface area (TPSA) is 72.8 Å². The minimum absolute atomic E-state index is 0.0871. The van der Waals surface area contributed by atoms with Crippen LogP contribution >= 0.6 is 7.60 Å². The normalized spacial score (nSPS) is 17.2. The molecule has 13 heavy (non-hydrogen) atoms.